The van der Waals surface area contributed by atoms with Crippen molar-refractivity contribution < 1.29 is 27.5 Å². The van der Waals surface area contributed by atoms with Crippen LogP contribution in [0.25, 0.3) is 0 Å². The van der Waals surface area contributed by atoms with E-state index in [1.807, 2.05) is 0 Å². The first-order valence-corrected chi connectivity index (χ1v) is 7.29. The standard InChI is InChI=1S/C17H16F4N2O2/c1-23(15(10-24)11-3-2-4-13(18)9-11)16(25)22-14-7-5-12(6-8-14)17(19,20)21/h2-9,15,24H,10H2,1H3,(H,22,25). The maximum atomic E-state index is 13.3. The molecule has 0 radical (unpaired) electrons. The summed E-state index contributed by atoms with van der Waals surface area (Å²) in [5.41, 5.74) is -0.264. The minimum absolute atomic E-state index is 0.167. The number of likely N-dealkylation sites (N-methyl/N-ethyl adjacent to an activating group) is 1. The monoisotopic (exact) mass is 356 g/mol. The van der Waals surface area contributed by atoms with Crippen molar-refractivity contribution in [3.05, 3.63) is 65.5 Å². The Morgan fingerprint density at radius 3 is 2.36 bits per heavy atom. The highest BCUT2D eigenvalue weighted by atomic mass is 19.4. The van der Waals surface area contributed by atoms with Crippen molar-refractivity contribution in [1.29, 1.82) is 0 Å². The number of halogens is 4. The van der Waals surface area contributed by atoms with Crippen LogP contribution in [0.1, 0.15) is 17.2 Å². The number of anilines is 1. The Kier molecular flexibility index (Phi) is 5.63. The summed E-state index contributed by atoms with van der Waals surface area (Å²) in [5.74, 6) is -0.507. The lowest BCUT2D eigenvalue weighted by atomic mass is 10.1. The van der Waals surface area contributed by atoms with Gasteiger partial charge >= 0.3 is 12.2 Å². The molecule has 0 aliphatic rings. The van der Waals surface area contributed by atoms with Gasteiger partial charge in [0.15, 0.2) is 0 Å². The topological polar surface area (TPSA) is 52.6 Å². The van der Waals surface area contributed by atoms with Gasteiger partial charge in [0.1, 0.15) is 5.82 Å². The number of rotatable bonds is 4. The van der Waals surface area contributed by atoms with Gasteiger partial charge in [-0.3, -0.25) is 0 Å². The molecular weight excluding hydrogens is 340 g/mol. The number of hydrogen-bond acceptors (Lipinski definition) is 2. The van der Waals surface area contributed by atoms with Crippen LogP contribution in [0.15, 0.2) is 48.5 Å². The zero-order chi connectivity index (χ0) is 18.6. The summed E-state index contributed by atoms with van der Waals surface area (Å²) in [4.78, 5) is 13.4. The van der Waals surface area contributed by atoms with Gasteiger partial charge in [-0.2, -0.15) is 13.2 Å². The molecule has 1 atom stereocenters. The normalized spacial score (nSPS) is 12.6. The second kappa shape index (κ2) is 7.52. The van der Waals surface area contributed by atoms with E-state index in [9.17, 15) is 27.5 Å². The van der Waals surface area contributed by atoms with Gasteiger partial charge in [-0.1, -0.05) is 12.1 Å². The first-order valence-electron chi connectivity index (χ1n) is 7.29. The highest BCUT2D eigenvalue weighted by Gasteiger charge is 2.30. The minimum Gasteiger partial charge on any atom is -0.394 e. The van der Waals surface area contributed by atoms with Crippen molar-refractivity contribution in [2.24, 2.45) is 0 Å². The molecule has 2 aromatic carbocycles. The molecule has 1 unspecified atom stereocenters. The van der Waals surface area contributed by atoms with Gasteiger partial charge in [-0.05, 0) is 42.0 Å². The third kappa shape index (κ3) is 4.69. The van der Waals surface area contributed by atoms with Crippen molar-refractivity contribution in [3.8, 4) is 0 Å². The second-order valence-electron chi connectivity index (χ2n) is 5.37. The summed E-state index contributed by atoms with van der Waals surface area (Å²) in [5, 5.41) is 11.9. The van der Waals surface area contributed by atoms with Gasteiger partial charge in [0.25, 0.3) is 0 Å². The molecule has 0 fully saturated rings. The van der Waals surface area contributed by atoms with Crippen molar-refractivity contribution >= 4 is 11.7 Å². The number of carbonyl (C=O) groups is 1. The van der Waals surface area contributed by atoms with E-state index in [0.717, 1.165) is 29.2 Å². The Morgan fingerprint density at radius 2 is 1.84 bits per heavy atom. The average molecular weight is 356 g/mol. The van der Waals surface area contributed by atoms with E-state index in [4.69, 9.17) is 0 Å². The number of amides is 2. The van der Waals surface area contributed by atoms with E-state index >= 15 is 0 Å². The molecule has 4 nitrogen and oxygen atoms in total. The quantitative estimate of drug-likeness (QED) is 0.813. The second-order valence-corrected chi connectivity index (χ2v) is 5.37. The predicted octanol–water partition coefficient (Wildman–Crippen LogP) is 4.04. The van der Waals surface area contributed by atoms with E-state index in [-0.39, 0.29) is 5.69 Å². The molecule has 2 aromatic rings. The number of nitrogens with zero attached hydrogens (tertiary/aromatic N) is 1. The lowest BCUT2D eigenvalue weighted by Crippen LogP contribution is -2.36. The van der Waals surface area contributed by atoms with E-state index < -0.39 is 36.2 Å². The molecular formula is C17H16F4N2O2. The predicted molar refractivity (Wildman–Crippen MR) is 84.5 cm³/mol. The van der Waals surface area contributed by atoms with Crippen LogP contribution in [0.3, 0.4) is 0 Å². The smallest absolute Gasteiger partial charge is 0.394 e. The molecule has 2 amide bonds. The molecule has 0 saturated heterocycles. The molecule has 8 heteroatoms. The molecule has 0 saturated carbocycles. The number of carbonyl (C=O) groups excluding carboxylic acids is 1. The number of benzene rings is 2. The van der Waals surface area contributed by atoms with Gasteiger partial charge in [0.2, 0.25) is 0 Å². The van der Waals surface area contributed by atoms with E-state index in [1.165, 1.54) is 25.2 Å². The fourth-order valence-electron chi connectivity index (χ4n) is 2.26. The van der Waals surface area contributed by atoms with Gasteiger partial charge in [-0.15, -0.1) is 0 Å². The average Bonchev–Trinajstić information content (AvgIpc) is 2.55. The van der Waals surface area contributed by atoms with Crippen molar-refractivity contribution in [2.75, 3.05) is 19.0 Å². The Morgan fingerprint density at radius 1 is 1.20 bits per heavy atom. The first-order chi connectivity index (χ1) is 11.7. The van der Waals surface area contributed by atoms with Gasteiger partial charge < -0.3 is 15.3 Å². The fourth-order valence-corrected chi connectivity index (χ4v) is 2.26. The highest BCUT2D eigenvalue weighted by molar-refractivity contribution is 5.89. The summed E-state index contributed by atoms with van der Waals surface area (Å²) in [7, 11) is 1.39. The third-order valence-corrected chi connectivity index (χ3v) is 3.66. The van der Waals surface area contributed by atoms with Crippen molar-refractivity contribution in [2.45, 2.75) is 12.2 Å². The first kappa shape index (κ1) is 18.7. The van der Waals surface area contributed by atoms with Crippen LogP contribution in [0.5, 0.6) is 0 Å². The summed E-state index contributed by atoms with van der Waals surface area (Å²) in [6, 6.07) is 7.96. The zero-order valence-corrected chi connectivity index (χ0v) is 13.2. The Hall–Kier alpha value is -2.61. The number of urea groups is 1. The lowest BCUT2D eigenvalue weighted by Gasteiger charge is -2.27. The van der Waals surface area contributed by atoms with Crippen LogP contribution in [0, 0.1) is 5.82 Å². The maximum Gasteiger partial charge on any atom is 0.416 e. The van der Waals surface area contributed by atoms with Crippen LogP contribution in [0.4, 0.5) is 28.0 Å². The summed E-state index contributed by atoms with van der Waals surface area (Å²) in [6.07, 6.45) is -4.46. The Bertz CT molecular complexity index is 732. The number of nitrogens with one attached hydrogen (secondary N) is 1. The van der Waals surface area contributed by atoms with Crippen LogP contribution in [0.2, 0.25) is 0 Å². The van der Waals surface area contributed by atoms with Crippen LogP contribution < -0.4 is 5.32 Å². The summed E-state index contributed by atoms with van der Waals surface area (Å²) in [6.45, 7) is -0.444. The van der Waals surface area contributed by atoms with Crippen LogP contribution >= 0.6 is 0 Å². The molecule has 2 rings (SSSR count). The molecule has 0 aromatic heterocycles. The van der Waals surface area contributed by atoms with E-state index in [0.29, 0.717) is 5.56 Å². The van der Waals surface area contributed by atoms with Crippen LogP contribution in [-0.2, 0) is 6.18 Å². The molecule has 134 valence electrons. The Balaban J connectivity index is 2.11. The zero-order valence-electron chi connectivity index (χ0n) is 13.2. The molecule has 2 N–H and O–H groups in total. The SMILES string of the molecule is CN(C(=O)Nc1ccc(C(F)(F)F)cc1)C(CO)c1cccc(F)c1. The lowest BCUT2D eigenvalue weighted by molar-refractivity contribution is -0.137. The minimum atomic E-state index is -4.46. The molecule has 0 bridgehead atoms. The molecule has 0 aliphatic carbocycles. The maximum absolute atomic E-state index is 13.3. The number of aliphatic hydroxyl groups is 1. The molecule has 0 aliphatic heterocycles. The van der Waals surface area contributed by atoms with Gasteiger partial charge in [0, 0.05) is 12.7 Å². The van der Waals surface area contributed by atoms with Gasteiger partial charge in [0.05, 0.1) is 18.2 Å². The third-order valence-electron chi connectivity index (χ3n) is 3.66. The van der Waals surface area contributed by atoms with E-state index in [2.05, 4.69) is 5.32 Å². The fraction of sp³-hybridized carbons (Fsp3) is 0.235. The van der Waals surface area contributed by atoms with Crippen molar-refractivity contribution in [1.82, 2.24) is 4.90 Å². The highest BCUT2D eigenvalue weighted by Crippen LogP contribution is 2.30. The summed E-state index contributed by atoms with van der Waals surface area (Å²) < 4.78 is 50.9. The molecule has 0 spiro atoms. The summed E-state index contributed by atoms with van der Waals surface area (Å²) >= 11 is 0. The van der Waals surface area contributed by atoms with E-state index in [1.54, 1.807) is 6.07 Å². The number of hydrogen-bond donors (Lipinski definition) is 2. The molecule has 0 heterocycles. The number of alkyl halides is 3. The van der Waals surface area contributed by atoms with Gasteiger partial charge in [-0.25, -0.2) is 9.18 Å². The Labute approximate surface area is 141 Å². The van der Waals surface area contributed by atoms with Crippen molar-refractivity contribution in [3.63, 3.8) is 0 Å². The largest absolute Gasteiger partial charge is 0.416 e. The number of aliphatic hydroxyl groups excluding tert-OH is 1. The molecule has 25 heavy (non-hydrogen) atoms. The van der Waals surface area contributed by atoms with Crippen LogP contribution in [-0.4, -0.2) is 29.7 Å².